The molecule has 3 N–H and O–H groups in total. The molecule has 0 saturated carbocycles. The van der Waals surface area contributed by atoms with E-state index in [1.54, 1.807) is 0 Å². The second kappa shape index (κ2) is 4.21. The van der Waals surface area contributed by atoms with Gasteiger partial charge in [0.2, 0.25) is 0 Å². The van der Waals surface area contributed by atoms with E-state index in [-0.39, 0.29) is 6.17 Å². The van der Waals surface area contributed by atoms with E-state index in [2.05, 4.69) is 42.3 Å². The van der Waals surface area contributed by atoms with Crippen LogP contribution in [0.3, 0.4) is 0 Å². The van der Waals surface area contributed by atoms with Crippen LogP contribution in [0.25, 0.3) is 0 Å². The molecule has 0 amide bonds. The van der Waals surface area contributed by atoms with Crippen molar-refractivity contribution in [2.75, 3.05) is 24.5 Å². The quantitative estimate of drug-likeness (QED) is 0.718. The molecule has 1 heterocycles. The fraction of sp³-hybridized carbons (Fsp3) is 0.500. The van der Waals surface area contributed by atoms with Crippen LogP contribution < -0.4 is 16.0 Å². The van der Waals surface area contributed by atoms with E-state index in [0.717, 1.165) is 19.6 Å². The van der Waals surface area contributed by atoms with Gasteiger partial charge in [-0.3, -0.25) is 5.32 Å². The average molecular weight is 205 g/mol. The number of aryl methyl sites for hydroxylation is 1. The first kappa shape index (κ1) is 10.5. The van der Waals surface area contributed by atoms with Gasteiger partial charge in [0.05, 0.1) is 6.17 Å². The van der Waals surface area contributed by atoms with Crippen LogP contribution in [0.2, 0.25) is 0 Å². The van der Waals surface area contributed by atoms with Crippen molar-refractivity contribution < 1.29 is 0 Å². The first-order chi connectivity index (χ1) is 7.18. The van der Waals surface area contributed by atoms with Crippen LogP contribution in [-0.4, -0.2) is 25.8 Å². The molecule has 1 aromatic carbocycles. The Kier molecular flexibility index (Phi) is 2.93. The molecule has 82 valence electrons. The second-order valence-corrected chi connectivity index (χ2v) is 4.23. The highest BCUT2D eigenvalue weighted by Crippen LogP contribution is 2.23. The van der Waals surface area contributed by atoms with Gasteiger partial charge in [0.1, 0.15) is 0 Å². The predicted octanol–water partition coefficient (Wildman–Crippen LogP) is 0.998. The third-order valence-electron chi connectivity index (χ3n) is 3.12. The standard InChI is InChI=1S/C12H19N3/c1-9-4-3-5-11(10(9)2)15-7-6-14-12(13)8-15/h3-5,12,14H,6-8,13H2,1-2H3. The highest BCUT2D eigenvalue weighted by atomic mass is 15.2. The Labute approximate surface area is 91.3 Å². The summed E-state index contributed by atoms with van der Waals surface area (Å²) >= 11 is 0. The minimum Gasteiger partial charge on any atom is -0.367 e. The van der Waals surface area contributed by atoms with Gasteiger partial charge < -0.3 is 10.6 Å². The van der Waals surface area contributed by atoms with E-state index in [1.807, 2.05) is 0 Å². The van der Waals surface area contributed by atoms with Gasteiger partial charge in [-0.1, -0.05) is 12.1 Å². The van der Waals surface area contributed by atoms with Gasteiger partial charge >= 0.3 is 0 Å². The van der Waals surface area contributed by atoms with Crippen LogP contribution in [-0.2, 0) is 0 Å². The molecular formula is C12H19N3. The minimum absolute atomic E-state index is 0.0960. The van der Waals surface area contributed by atoms with Gasteiger partial charge in [0, 0.05) is 25.3 Å². The summed E-state index contributed by atoms with van der Waals surface area (Å²) in [5, 5.41) is 3.25. The molecule has 1 aromatic rings. The number of hydrogen-bond donors (Lipinski definition) is 2. The van der Waals surface area contributed by atoms with Gasteiger partial charge in [-0.2, -0.15) is 0 Å². The summed E-state index contributed by atoms with van der Waals surface area (Å²) in [4.78, 5) is 2.36. The topological polar surface area (TPSA) is 41.3 Å². The SMILES string of the molecule is Cc1cccc(N2CCNC(N)C2)c1C. The summed E-state index contributed by atoms with van der Waals surface area (Å²) in [5.41, 5.74) is 9.94. The highest BCUT2D eigenvalue weighted by molar-refractivity contribution is 5.56. The fourth-order valence-electron chi connectivity index (χ4n) is 2.08. The number of benzene rings is 1. The van der Waals surface area contributed by atoms with Gasteiger partial charge in [-0.15, -0.1) is 0 Å². The van der Waals surface area contributed by atoms with Crippen LogP contribution in [0.5, 0.6) is 0 Å². The van der Waals surface area contributed by atoms with Crippen LogP contribution in [0.4, 0.5) is 5.69 Å². The Hall–Kier alpha value is -1.06. The number of nitrogens with zero attached hydrogens (tertiary/aromatic N) is 1. The van der Waals surface area contributed by atoms with Gasteiger partial charge in [0.25, 0.3) is 0 Å². The lowest BCUT2D eigenvalue weighted by Gasteiger charge is -2.34. The van der Waals surface area contributed by atoms with Crippen molar-refractivity contribution in [1.82, 2.24) is 5.32 Å². The van der Waals surface area contributed by atoms with Crippen LogP contribution in [0, 0.1) is 13.8 Å². The second-order valence-electron chi connectivity index (χ2n) is 4.23. The molecule has 0 bridgehead atoms. The molecule has 3 nitrogen and oxygen atoms in total. The molecule has 1 saturated heterocycles. The maximum atomic E-state index is 5.90. The lowest BCUT2D eigenvalue weighted by atomic mass is 10.1. The molecule has 0 aromatic heterocycles. The van der Waals surface area contributed by atoms with E-state index >= 15 is 0 Å². The Bertz CT molecular complexity index is 349. The molecule has 2 rings (SSSR count). The molecule has 3 heteroatoms. The minimum atomic E-state index is 0.0960. The van der Waals surface area contributed by atoms with Crippen molar-refractivity contribution in [2.45, 2.75) is 20.0 Å². The van der Waals surface area contributed by atoms with E-state index in [9.17, 15) is 0 Å². The monoisotopic (exact) mass is 205 g/mol. The van der Waals surface area contributed by atoms with Gasteiger partial charge in [0.15, 0.2) is 0 Å². The van der Waals surface area contributed by atoms with E-state index in [0.29, 0.717) is 0 Å². The predicted molar refractivity (Wildman–Crippen MR) is 64.1 cm³/mol. The lowest BCUT2D eigenvalue weighted by Crippen LogP contribution is -2.55. The summed E-state index contributed by atoms with van der Waals surface area (Å²) in [6.45, 7) is 7.23. The summed E-state index contributed by atoms with van der Waals surface area (Å²) in [7, 11) is 0. The summed E-state index contributed by atoms with van der Waals surface area (Å²) in [6, 6.07) is 6.45. The molecule has 0 aliphatic carbocycles. The number of nitrogens with one attached hydrogen (secondary N) is 1. The summed E-state index contributed by atoms with van der Waals surface area (Å²) < 4.78 is 0. The molecule has 1 fully saturated rings. The van der Waals surface area contributed by atoms with Crippen molar-refractivity contribution in [3.05, 3.63) is 29.3 Å². The van der Waals surface area contributed by atoms with Gasteiger partial charge in [-0.25, -0.2) is 0 Å². The lowest BCUT2D eigenvalue weighted by molar-refractivity contribution is 0.468. The molecule has 1 atom stereocenters. The van der Waals surface area contributed by atoms with Crippen molar-refractivity contribution in [1.29, 1.82) is 0 Å². The zero-order valence-electron chi connectivity index (χ0n) is 9.46. The Morgan fingerprint density at radius 2 is 2.20 bits per heavy atom. The number of hydrogen-bond acceptors (Lipinski definition) is 3. The molecule has 0 radical (unpaired) electrons. The molecule has 0 spiro atoms. The number of rotatable bonds is 1. The molecule has 1 aliphatic heterocycles. The number of nitrogens with two attached hydrogens (primary N) is 1. The molecular weight excluding hydrogens is 186 g/mol. The molecule has 1 unspecified atom stereocenters. The normalized spacial score (nSPS) is 21.8. The zero-order chi connectivity index (χ0) is 10.8. The first-order valence-corrected chi connectivity index (χ1v) is 5.48. The van der Waals surface area contributed by atoms with Crippen molar-refractivity contribution in [2.24, 2.45) is 5.73 Å². The third kappa shape index (κ3) is 2.13. The Morgan fingerprint density at radius 1 is 1.40 bits per heavy atom. The van der Waals surface area contributed by atoms with Crippen molar-refractivity contribution in [3.63, 3.8) is 0 Å². The number of anilines is 1. The van der Waals surface area contributed by atoms with Gasteiger partial charge in [-0.05, 0) is 31.0 Å². The number of piperazine rings is 1. The third-order valence-corrected chi connectivity index (χ3v) is 3.12. The van der Waals surface area contributed by atoms with Crippen molar-refractivity contribution in [3.8, 4) is 0 Å². The maximum Gasteiger partial charge on any atom is 0.0727 e. The largest absolute Gasteiger partial charge is 0.367 e. The Balaban J connectivity index is 2.24. The van der Waals surface area contributed by atoms with E-state index in [4.69, 9.17) is 5.73 Å². The van der Waals surface area contributed by atoms with Crippen LogP contribution in [0.15, 0.2) is 18.2 Å². The maximum absolute atomic E-state index is 5.90. The molecule has 15 heavy (non-hydrogen) atoms. The first-order valence-electron chi connectivity index (χ1n) is 5.48. The van der Waals surface area contributed by atoms with Crippen molar-refractivity contribution >= 4 is 5.69 Å². The average Bonchev–Trinajstić information content (AvgIpc) is 2.22. The fourth-order valence-corrected chi connectivity index (χ4v) is 2.08. The Morgan fingerprint density at radius 3 is 2.93 bits per heavy atom. The highest BCUT2D eigenvalue weighted by Gasteiger charge is 2.17. The molecule has 1 aliphatic rings. The zero-order valence-corrected chi connectivity index (χ0v) is 9.46. The van der Waals surface area contributed by atoms with E-state index < -0.39 is 0 Å². The summed E-state index contributed by atoms with van der Waals surface area (Å²) in [5.74, 6) is 0. The van der Waals surface area contributed by atoms with Crippen LogP contribution in [0.1, 0.15) is 11.1 Å². The smallest absolute Gasteiger partial charge is 0.0727 e. The van der Waals surface area contributed by atoms with Crippen LogP contribution >= 0.6 is 0 Å². The van der Waals surface area contributed by atoms with E-state index in [1.165, 1.54) is 16.8 Å². The summed E-state index contributed by atoms with van der Waals surface area (Å²) in [6.07, 6.45) is 0.0960.